The fourth-order valence-electron chi connectivity index (χ4n) is 3.88. The molecule has 186 valence electrons. The number of benzene rings is 3. The van der Waals surface area contributed by atoms with Gasteiger partial charge < -0.3 is 19.3 Å². The minimum absolute atomic E-state index is 0.0362. The molecule has 0 atom stereocenters. The Morgan fingerprint density at radius 1 is 0.914 bits per heavy atom. The lowest BCUT2D eigenvalue weighted by atomic mass is 9.90. The first-order chi connectivity index (χ1) is 16.9. The van der Waals surface area contributed by atoms with Gasteiger partial charge in [-0.3, -0.25) is 9.63 Å². The zero-order chi connectivity index (χ0) is 25.4. The molecule has 1 N–H and O–H groups in total. The number of amides is 1. The molecule has 0 heterocycles. The fourth-order valence-corrected chi connectivity index (χ4v) is 3.88. The summed E-state index contributed by atoms with van der Waals surface area (Å²) in [6, 6.07) is 16.1. The third-order valence-corrected chi connectivity index (χ3v) is 5.56. The monoisotopic (exact) mass is 481 g/mol. The van der Waals surface area contributed by atoms with E-state index in [4.69, 9.17) is 19.0 Å². The average molecular weight is 482 g/mol. The standard InChI is InChI=1S/C27H31NO7/c1-5-33-22(34-6-2)16-21-23(27(31)35-17-18-12-8-7-9-13-18)19-14-10-11-15-20(19)25(29)24(21)26(30)28(3)32-4/h7-15,22,29H,5-6,16-17H2,1-4H3. The molecule has 0 aliphatic rings. The van der Waals surface area contributed by atoms with Crippen molar-refractivity contribution in [3.63, 3.8) is 0 Å². The van der Waals surface area contributed by atoms with Gasteiger partial charge in [0.25, 0.3) is 5.91 Å². The molecule has 8 heteroatoms. The highest BCUT2D eigenvalue weighted by molar-refractivity contribution is 6.13. The lowest BCUT2D eigenvalue weighted by molar-refractivity contribution is -0.134. The summed E-state index contributed by atoms with van der Waals surface area (Å²) in [6.45, 7) is 4.42. The van der Waals surface area contributed by atoms with Crippen LogP contribution in [0.4, 0.5) is 0 Å². The number of hydrogen-bond acceptors (Lipinski definition) is 7. The molecule has 0 bridgehead atoms. The van der Waals surface area contributed by atoms with E-state index < -0.39 is 18.2 Å². The number of hydroxylamine groups is 2. The van der Waals surface area contributed by atoms with Crippen LogP contribution in [0.25, 0.3) is 10.8 Å². The predicted octanol–water partition coefficient (Wildman–Crippen LogP) is 4.48. The molecule has 0 aliphatic heterocycles. The molecule has 0 saturated heterocycles. The van der Waals surface area contributed by atoms with E-state index in [0.717, 1.165) is 10.6 Å². The lowest BCUT2D eigenvalue weighted by Crippen LogP contribution is -2.29. The normalized spacial score (nSPS) is 11.1. The minimum atomic E-state index is -0.745. The van der Waals surface area contributed by atoms with Crippen LogP contribution in [0.3, 0.4) is 0 Å². The van der Waals surface area contributed by atoms with Gasteiger partial charge in [-0.15, -0.1) is 0 Å². The van der Waals surface area contributed by atoms with Crippen molar-refractivity contribution in [2.24, 2.45) is 0 Å². The number of aromatic hydroxyl groups is 1. The van der Waals surface area contributed by atoms with Crippen molar-refractivity contribution < 1.29 is 33.7 Å². The lowest BCUT2D eigenvalue weighted by Gasteiger charge is -2.24. The van der Waals surface area contributed by atoms with Gasteiger partial charge in [-0.2, -0.15) is 0 Å². The van der Waals surface area contributed by atoms with Gasteiger partial charge in [0.15, 0.2) is 6.29 Å². The first-order valence-electron chi connectivity index (χ1n) is 11.5. The number of fused-ring (bicyclic) bond motifs is 1. The Morgan fingerprint density at radius 2 is 1.51 bits per heavy atom. The summed E-state index contributed by atoms with van der Waals surface area (Å²) in [4.78, 5) is 31.9. The number of rotatable bonds is 11. The summed E-state index contributed by atoms with van der Waals surface area (Å²) in [5.74, 6) is -1.49. The summed E-state index contributed by atoms with van der Waals surface area (Å²) in [6.07, 6.45) is -0.709. The predicted molar refractivity (Wildman–Crippen MR) is 131 cm³/mol. The summed E-state index contributed by atoms with van der Waals surface area (Å²) >= 11 is 0. The summed E-state index contributed by atoms with van der Waals surface area (Å²) in [5.41, 5.74) is 1.19. The van der Waals surface area contributed by atoms with Crippen LogP contribution in [0, 0.1) is 0 Å². The number of esters is 1. The van der Waals surface area contributed by atoms with Crippen LogP contribution >= 0.6 is 0 Å². The molecular formula is C27H31NO7. The van der Waals surface area contributed by atoms with E-state index in [1.807, 2.05) is 44.2 Å². The van der Waals surface area contributed by atoms with Gasteiger partial charge in [-0.05, 0) is 25.0 Å². The number of ether oxygens (including phenoxy) is 3. The van der Waals surface area contributed by atoms with Crippen molar-refractivity contribution in [1.29, 1.82) is 0 Å². The molecule has 0 spiro atoms. The molecule has 0 radical (unpaired) electrons. The van der Waals surface area contributed by atoms with Gasteiger partial charge in [0.2, 0.25) is 0 Å². The highest BCUT2D eigenvalue weighted by Gasteiger charge is 2.31. The van der Waals surface area contributed by atoms with Crippen LogP contribution in [-0.2, 0) is 32.1 Å². The molecule has 35 heavy (non-hydrogen) atoms. The van der Waals surface area contributed by atoms with Gasteiger partial charge in [-0.1, -0.05) is 54.6 Å². The Kier molecular flexibility index (Phi) is 9.19. The van der Waals surface area contributed by atoms with E-state index >= 15 is 0 Å². The molecule has 0 aliphatic carbocycles. The van der Waals surface area contributed by atoms with Gasteiger partial charge in [0.05, 0.1) is 18.2 Å². The molecule has 0 saturated carbocycles. The fraction of sp³-hybridized carbons (Fsp3) is 0.333. The Bertz CT molecular complexity index is 1160. The number of hydrogen-bond donors (Lipinski definition) is 1. The molecular weight excluding hydrogens is 450 g/mol. The van der Waals surface area contributed by atoms with Crippen molar-refractivity contribution in [2.75, 3.05) is 27.4 Å². The smallest absolute Gasteiger partial charge is 0.339 e. The van der Waals surface area contributed by atoms with E-state index in [2.05, 4.69) is 0 Å². The van der Waals surface area contributed by atoms with Crippen LogP contribution in [0.1, 0.15) is 45.7 Å². The molecule has 3 rings (SSSR count). The van der Waals surface area contributed by atoms with Crippen LogP contribution in [0.2, 0.25) is 0 Å². The molecule has 0 unspecified atom stereocenters. The van der Waals surface area contributed by atoms with Crippen LogP contribution in [0.15, 0.2) is 54.6 Å². The van der Waals surface area contributed by atoms with E-state index in [9.17, 15) is 14.7 Å². The van der Waals surface area contributed by atoms with E-state index in [0.29, 0.717) is 24.0 Å². The van der Waals surface area contributed by atoms with Gasteiger partial charge >= 0.3 is 5.97 Å². The molecule has 0 aromatic heterocycles. The quantitative estimate of drug-likeness (QED) is 0.245. The number of nitrogens with zero attached hydrogens (tertiary/aromatic N) is 1. The maximum atomic E-state index is 13.5. The first kappa shape index (κ1) is 26.2. The van der Waals surface area contributed by atoms with Crippen LogP contribution in [-0.4, -0.2) is 55.7 Å². The Balaban J connectivity index is 2.22. The molecule has 0 fully saturated rings. The Hall–Kier alpha value is -3.46. The van der Waals surface area contributed by atoms with Gasteiger partial charge in [-0.25, -0.2) is 9.86 Å². The van der Waals surface area contributed by atoms with Crippen LogP contribution in [0.5, 0.6) is 5.75 Å². The minimum Gasteiger partial charge on any atom is -0.506 e. The molecule has 3 aromatic rings. The largest absolute Gasteiger partial charge is 0.506 e. The van der Waals surface area contributed by atoms with E-state index in [1.54, 1.807) is 24.3 Å². The van der Waals surface area contributed by atoms with Gasteiger partial charge in [0, 0.05) is 37.5 Å². The number of carbonyl (C=O) groups is 2. The van der Waals surface area contributed by atoms with Crippen molar-refractivity contribution in [3.05, 3.63) is 76.9 Å². The third kappa shape index (κ3) is 5.97. The maximum Gasteiger partial charge on any atom is 0.339 e. The molecule has 3 aromatic carbocycles. The third-order valence-electron chi connectivity index (χ3n) is 5.56. The number of carbonyl (C=O) groups excluding carboxylic acids is 2. The Morgan fingerprint density at radius 3 is 2.11 bits per heavy atom. The highest BCUT2D eigenvalue weighted by atomic mass is 16.7. The maximum absolute atomic E-state index is 13.5. The number of phenols is 1. The zero-order valence-electron chi connectivity index (χ0n) is 20.4. The van der Waals surface area contributed by atoms with E-state index in [1.165, 1.54) is 14.2 Å². The topological polar surface area (TPSA) is 94.5 Å². The summed E-state index contributed by atoms with van der Waals surface area (Å²) < 4.78 is 17.1. The van der Waals surface area contributed by atoms with Crippen molar-refractivity contribution in [3.8, 4) is 5.75 Å². The van der Waals surface area contributed by atoms with Crippen molar-refractivity contribution in [2.45, 2.75) is 33.2 Å². The van der Waals surface area contributed by atoms with E-state index in [-0.39, 0.29) is 35.5 Å². The number of phenolic OH excluding ortho intramolecular Hbond substituents is 1. The van der Waals surface area contributed by atoms with Crippen LogP contribution < -0.4 is 0 Å². The zero-order valence-corrected chi connectivity index (χ0v) is 20.4. The first-order valence-corrected chi connectivity index (χ1v) is 11.5. The second kappa shape index (κ2) is 12.3. The molecule has 8 nitrogen and oxygen atoms in total. The summed E-state index contributed by atoms with van der Waals surface area (Å²) in [7, 11) is 2.77. The van der Waals surface area contributed by atoms with Gasteiger partial charge in [0.1, 0.15) is 12.4 Å². The average Bonchev–Trinajstić information content (AvgIpc) is 2.87. The second-order valence-corrected chi connectivity index (χ2v) is 7.71. The summed E-state index contributed by atoms with van der Waals surface area (Å²) in [5, 5.41) is 13.0. The molecule has 1 amide bonds. The Labute approximate surface area is 204 Å². The van der Waals surface area contributed by atoms with Crippen molar-refractivity contribution in [1.82, 2.24) is 5.06 Å². The highest BCUT2D eigenvalue weighted by Crippen LogP contribution is 2.38. The van der Waals surface area contributed by atoms with Crippen molar-refractivity contribution >= 4 is 22.6 Å². The second-order valence-electron chi connectivity index (χ2n) is 7.71. The SMILES string of the molecule is CCOC(Cc1c(C(=O)N(C)OC)c(O)c2ccccc2c1C(=O)OCc1ccccc1)OCC.